The maximum Gasteiger partial charge on any atom is 0.293 e. The molecule has 0 aliphatic rings. The summed E-state index contributed by atoms with van der Waals surface area (Å²) in [6.07, 6.45) is 4.51. The van der Waals surface area contributed by atoms with Gasteiger partial charge in [0.15, 0.2) is 0 Å². The van der Waals surface area contributed by atoms with Gasteiger partial charge in [0.05, 0.1) is 13.2 Å². The zero-order chi connectivity index (χ0) is 12.9. The molecule has 4 heteroatoms. The minimum atomic E-state index is -0.291. The number of ether oxygens (including phenoxy) is 3. The Bertz CT molecular complexity index is 173. The van der Waals surface area contributed by atoms with Gasteiger partial charge in [0, 0.05) is 13.7 Å². The highest BCUT2D eigenvalue weighted by molar-refractivity contribution is 5.37. The van der Waals surface area contributed by atoms with Gasteiger partial charge in [-0.2, -0.15) is 0 Å². The zero-order valence-corrected chi connectivity index (χ0v) is 11.3. The van der Waals surface area contributed by atoms with E-state index in [9.17, 15) is 4.79 Å². The Morgan fingerprint density at radius 1 is 1.18 bits per heavy atom. The van der Waals surface area contributed by atoms with E-state index in [0.29, 0.717) is 25.6 Å². The van der Waals surface area contributed by atoms with Crippen LogP contribution in [0.15, 0.2) is 0 Å². The molecule has 17 heavy (non-hydrogen) atoms. The molecule has 0 bridgehead atoms. The summed E-state index contributed by atoms with van der Waals surface area (Å²) in [5.74, 6) is 0.606. The molecule has 0 fully saturated rings. The van der Waals surface area contributed by atoms with E-state index in [0.717, 1.165) is 13.0 Å². The van der Waals surface area contributed by atoms with Gasteiger partial charge in [-0.15, -0.1) is 0 Å². The second kappa shape index (κ2) is 11.9. The Morgan fingerprint density at radius 3 is 2.47 bits per heavy atom. The van der Waals surface area contributed by atoms with Crippen LogP contribution in [-0.2, 0) is 19.0 Å². The van der Waals surface area contributed by atoms with Crippen molar-refractivity contribution in [3.63, 3.8) is 0 Å². The number of hydrogen-bond acceptors (Lipinski definition) is 4. The van der Waals surface area contributed by atoms with Gasteiger partial charge in [-0.05, 0) is 12.3 Å². The zero-order valence-electron chi connectivity index (χ0n) is 11.3. The first-order valence-electron chi connectivity index (χ1n) is 6.44. The Balaban J connectivity index is 3.71. The first kappa shape index (κ1) is 16.4. The normalized spacial score (nSPS) is 14.3. The second-order valence-corrected chi connectivity index (χ2v) is 4.26. The van der Waals surface area contributed by atoms with E-state index in [2.05, 4.69) is 13.8 Å². The molecule has 0 aliphatic heterocycles. The molecule has 0 spiro atoms. The van der Waals surface area contributed by atoms with Gasteiger partial charge >= 0.3 is 0 Å². The molecule has 2 atom stereocenters. The topological polar surface area (TPSA) is 44.8 Å². The maximum atomic E-state index is 10.3. The van der Waals surface area contributed by atoms with Crippen molar-refractivity contribution in [2.45, 2.75) is 45.6 Å². The fraction of sp³-hybridized carbons (Fsp3) is 0.923. The molecule has 0 N–H and O–H groups in total. The average molecular weight is 246 g/mol. The van der Waals surface area contributed by atoms with Gasteiger partial charge in [-0.25, -0.2) is 0 Å². The van der Waals surface area contributed by atoms with Gasteiger partial charge in [0.2, 0.25) is 0 Å². The molecule has 0 amide bonds. The summed E-state index contributed by atoms with van der Waals surface area (Å²) in [7, 11) is 1.58. The van der Waals surface area contributed by atoms with Gasteiger partial charge in [-0.3, -0.25) is 4.79 Å². The molecule has 4 nitrogen and oxygen atoms in total. The largest absolute Gasteiger partial charge is 0.460 e. The molecule has 0 rings (SSSR count). The SMILES string of the molecule is CCCCC(CC)COCC(COC)OC=O. The van der Waals surface area contributed by atoms with Crippen LogP contribution in [0.4, 0.5) is 0 Å². The van der Waals surface area contributed by atoms with E-state index >= 15 is 0 Å². The van der Waals surface area contributed by atoms with E-state index in [1.54, 1.807) is 7.11 Å². The van der Waals surface area contributed by atoms with Gasteiger partial charge < -0.3 is 14.2 Å². The predicted molar refractivity (Wildman–Crippen MR) is 66.9 cm³/mol. The van der Waals surface area contributed by atoms with Gasteiger partial charge in [0.1, 0.15) is 6.10 Å². The third-order valence-electron chi connectivity index (χ3n) is 2.80. The molecule has 2 unspecified atom stereocenters. The van der Waals surface area contributed by atoms with Crippen molar-refractivity contribution in [3.8, 4) is 0 Å². The van der Waals surface area contributed by atoms with Crippen LogP contribution in [0.25, 0.3) is 0 Å². The molecule has 0 aromatic heterocycles. The second-order valence-electron chi connectivity index (χ2n) is 4.26. The highest BCUT2D eigenvalue weighted by Crippen LogP contribution is 2.13. The Labute approximate surface area is 105 Å². The van der Waals surface area contributed by atoms with Crippen LogP contribution in [0.2, 0.25) is 0 Å². The van der Waals surface area contributed by atoms with E-state index in [1.165, 1.54) is 19.3 Å². The van der Waals surface area contributed by atoms with Crippen LogP contribution in [0.1, 0.15) is 39.5 Å². The minimum Gasteiger partial charge on any atom is -0.460 e. The lowest BCUT2D eigenvalue weighted by Crippen LogP contribution is -2.26. The predicted octanol–water partition coefficient (Wildman–Crippen LogP) is 2.41. The van der Waals surface area contributed by atoms with E-state index in [-0.39, 0.29) is 6.10 Å². The van der Waals surface area contributed by atoms with Crippen LogP contribution in [-0.4, -0.2) is 39.5 Å². The molecule has 0 saturated carbocycles. The molecule has 0 aromatic rings. The lowest BCUT2D eigenvalue weighted by molar-refractivity contribution is -0.140. The van der Waals surface area contributed by atoms with Crippen LogP contribution in [0.3, 0.4) is 0 Å². The third-order valence-corrected chi connectivity index (χ3v) is 2.80. The smallest absolute Gasteiger partial charge is 0.293 e. The summed E-state index contributed by atoms with van der Waals surface area (Å²) in [6.45, 7) is 6.35. The van der Waals surface area contributed by atoms with Crippen molar-refractivity contribution < 1.29 is 19.0 Å². The highest BCUT2D eigenvalue weighted by Gasteiger charge is 2.11. The van der Waals surface area contributed by atoms with Crippen molar-refractivity contribution in [1.29, 1.82) is 0 Å². The van der Waals surface area contributed by atoms with E-state index in [4.69, 9.17) is 14.2 Å². The molecule has 0 heterocycles. The third kappa shape index (κ3) is 9.12. The van der Waals surface area contributed by atoms with Gasteiger partial charge in [0.25, 0.3) is 6.47 Å². The fourth-order valence-corrected chi connectivity index (χ4v) is 1.66. The summed E-state index contributed by atoms with van der Waals surface area (Å²) < 4.78 is 15.4. The van der Waals surface area contributed by atoms with E-state index in [1.807, 2.05) is 0 Å². The molecular weight excluding hydrogens is 220 g/mol. The molecule has 0 saturated heterocycles. The van der Waals surface area contributed by atoms with Crippen LogP contribution in [0, 0.1) is 5.92 Å². The lowest BCUT2D eigenvalue weighted by Gasteiger charge is -2.18. The Hall–Kier alpha value is -0.610. The van der Waals surface area contributed by atoms with Crippen molar-refractivity contribution in [2.75, 3.05) is 26.9 Å². The van der Waals surface area contributed by atoms with Gasteiger partial charge in [-0.1, -0.05) is 33.1 Å². The fourth-order valence-electron chi connectivity index (χ4n) is 1.66. The minimum absolute atomic E-state index is 0.291. The van der Waals surface area contributed by atoms with E-state index < -0.39 is 0 Å². The number of carbonyl (C=O) groups is 1. The summed E-state index contributed by atoms with van der Waals surface area (Å²) in [5, 5.41) is 0. The van der Waals surface area contributed by atoms with Crippen LogP contribution in [0.5, 0.6) is 0 Å². The quantitative estimate of drug-likeness (QED) is 0.496. The van der Waals surface area contributed by atoms with Crippen molar-refractivity contribution in [1.82, 2.24) is 0 Å². The molecule has 0 aromatic carbocycles. The standard InChI is InChI=1S/C13H26O4/c1-4-6-7-12(5-2)8-16-10-13(9-15-3)17-11-14/h11-13H,4-10H2,1-3H3. The van der Waals surface area contributed by atoms with Crippen molar-refractivity contribution >= 4 is 6.47 Å². The summed E-state index contributed by atoms with van der Waals surface area (Å²) in [4.78, 5) is 10.3. The van der Waals surface area contributed by atoms with Crippen LogP contribution >= 0.6 is 0 Å². The summed E-state index contributed by atoms with van der Waals surface area (Å²) in [6, 6.07) is 0. The van der Waals surface area contributed by atoms with Crippen molar-refractivity contribution in [3.05, 3.63) is 0 Å². The monoisotopic (exact) mass is 246 g/mol. The molecule has 0 aliphatic carbocycles. The Morgan fingerprint density at radius 2 is 1.94 bits per heavy atom. The van der Waals surface area contributed by atoms with Crippen molar-refractivity contribution in [2.24, 2.45) is 5.92 Å². The number of unbranched alkanes of at least 4 members (excludes halogenated alkanes) is 1. The number of methoxy groups -OCH3 is 1. The molecular formula is C13H26O4. The first-order chi connectivity index (χ1) is 8.28. The lowest BCUT2D eigenvalue weighted by atomic mass is 10.0. The Kier molecular flexibility index (Phi) is 11.4. The molecule has 102 valence electrons. The summed E-state index contributed by atoms with van der Waals surface area (Å²) >= 11 is 0. The highest BCUT2D eigenvalue weighted by atomic mass is 16.6. The molecule has 0 radical (unpaired) electrons. The maximum absolute atomic E-state index is 10.3. The number of hydrogen-bond donors (Lipinski definition) is 0. The summed E-state index contributed by atoms with van der Waals surface area (Å²) in [5.41, 5.74) is 0. The average Bonchev–Trinajstić information content (AvgIpc) is 2.34. The van der Waals surface area contributed by atoms with Crippen LogP contribution < -0.4 is 0 Å². The number of rotatable bonds is 12. The number of carbonyl (C=O) groups excluding carboxylic acids is 1. The first-order valence-corrected chi connectivity index (χ1v) is 6.44.